The van der Waals surface area contributed by atoms with E-state index in [9.17, 15) is 9.59 Å². The van der Waals surface area contributed by atoms with E-state index in [1.165, 1.54) is 11.8 Å². The molecule has 1 aromatic carbocycles. The van der Waals surface area contributed by atoms with Gasteiger partial charge in [0.05, 0.1) is 0 Å². The Kier molecular flexibility index (Phi) is 6.19. The zero-order valence-electron chi connectivity index (χ0n) is 17.1. The second kappa shape index (κ2) is 8.47. The summed E-state index contributed by atoms with van der Waals surface area (Å²) in [5.74, 6) is -0.707. The summed E-state index contributed by atoms with van der Waals surface area (Å²) in [6, 6.07) is 15.1. The van der Waals surface area contributed by atoms with E-state index in [0.717, 1.165) is 17.0 Å². The molecular formula is C22H26N2O4S. The zero-order valence-corrected chi connectivity index (χ0v) is 17.9. The molecule has 3 rings (SSSR count). The molecule has 1 fully saturated rings. The molecule has 0 bridgehead atoms. The van der Waals surface area contributed by atoms with Gasteiger partial charge in [-0.1, -0.05) is 69.4 Å². The van der Waals surface area contributed by atoms with Gasteiger partial charge >= 0.3 is 5.97 Å². The summed E-state index contributed by atoms with van der Waals surface area (Å²) in [5.41, 5.74) is 0.508. The molecule has 0 spiro atoms. The average Bonchev–Trinajstić information content (AvgIpc) is 3.47. The number of nitrogens with zero attached hydrogens (tertiary/aromatic N) is 2. The maximum Gasteiger partial charge on any atom is 0.364 e. The first kappa shape index (κ1) is 21.2. The molecule has 1 amide bonds. The number of rotatable bonds is 6. The van der Waals surface area contributed by atoms with E-state index in [4.69, 9.17) is 21.9 Å². The lowest BCUT2D eigenvalue weighted by molar-refractivity contribution is -0.216. The summed E-state index contributed by atoms with van der Waals surface area (Å²) < 4.78 is 1.61. The largest absolute Gasteiger partial charge is 0.364 e. The van der Waals surface area contributed by atoms with E-state index in [0.29, 0.717) is 4.64 Å². The quantitative estimate of drug-likeness (QED) is 0.532. The van der Waals surface area contributed by atoms with Crippen molar-refractivity contribution in [2.75, 3.05) is 7.05 Å². The van der Waals surface area contributed by atoms with Gasteiger partial charge in [0.1, 0.15) is 4.64 Å². The van der Waals surface area contributed by atoms with Crippen molar-refractivity contribution in [3.63, 3.8) is 0 Å². The lowest BCUT2D eigenvalue weighted by atomic mass is 9.96. The predicted octanol–water partition coefficient (Wildman–Crippen LogP) is 3.78. The molecule has 6 nitrogen and oxygen atoms in total. The van der Waals surface area contributed by atoms with E-state index >= 15 is 0 Å². The van der Waals surface area contributed by atoms with Crippen molar-refractivity contribution in [3.05, 3.63) is 64.9 Å². The number of aromatic nitrogens is 1. The monoisotopic (exact) mass is 414 g/mol. The van der Waals surface area contributed by atoms with E-state index in [1.807, 2.05) is 30.3 Å². The van der Waals surface area contributed by atoms with Crippen molar-refractivity contribution >= 4 is 24.1 Å². The molecule has 1 saturated carbocycles. The third kappa shape index (κ3) is 5.10. The van der Waals surface area contributed by atoms with Gasteiger partial charge in [-0.05, 0) is 30.0 Å². The normalized spacial score (nSPS) is 19.3. The van der Waals surface area contributed by atoms with Crippen LogP contribution in [0.3, 0.4) is 0 Å². The SMILES string of the molecule is CN(OC(C(=O)On1ccccc1=S)C1CC1c1ccccc1)C(=O)C(C)(C)C. The second-order valence-corrected chi connectivity index (χ2v) is 8.69. The summed E-state index contributed by atoms with van der Waals surface area (Å²) >= 11 is 5.20. The lowest BCUT2D eigenvalue weighted by Crippen LogP contribution is -2.44. The molecule has 3 atom stereocenters. The highest BCUT2D eigenvalue weighted by molar-refractivity contribution is 7.71. The maximum atomic E-state index is 13.0. The first-order valence-corrected chi connectivity index (χ1v) is 9.99. The molecule has 29 heavy (non-hydrogen) atoms. The molecule has 1 aliphatic rings. The van der Waals surface area contributed by atoms with Gasteiger partial charge in [-0.15, -0.1) is 0 Å². The average molecular weight is 415 g/mol. The molecular weight excluding hydrogens is 388 g/mol. The fraction of sp³-hybridized carbons (Fsp3) is 0.409. The number of amides is 1. The molecule has 0 N–H and O–H groups in total. The molecule has 7 heteroatoms. The molecule has 2 aromatic rings. The van der Waals surface area contributed by atoms with Crippen LogP contribution >= 0.6 is 12.2 Å². The zero-order chi connectivity index (χ0) is 21.2. The highest BCUT2D eigenvalue weighted by atomic mass is 32.1. The summed E-state index contributed by atoms with van der Waals surface area (Å²) in [6.07, 6.45) is 1.43. The van der Waals surface area contributed by atoms with Crippen LogP contribution < -0.4 is 4.84 Å². The number of carbonyl (C=O) groups excluding carboxylic acids is 2. The Morgan fingerprint density at radius 3 is 2.41 bits per heavy atom. The number of hydrogen-bond acceptors (Lipinski definition) is 5. The van der Waals surface area contributed by atoms with Gasteiger partial charge in [0, 0.05) is 24.6 Å². The maximum absolute atomic E-state index is 13.0. The first-order valence-electron chi connectivity index (χ1n) is 9.58. The molecule has 1 aromatic heterocycles. The van der Waals surface area contributed by atoms with Crippen LogP contribution in [0.25, 0.3) is 0 Å². The van der Waals surface area contributed by atoms with Crippen molar-refractivity contribution in [1.82, 2.24) is 9.79 Å². The fourth-order valence-corrected chi connectivity index (χ4v) is 3.43. The molecule has 0 radical (unpaired) electrons. The van der Waals surface area contributed by atoms with Crippen molar-refractivity contribution in [3.8, 4) is 0 Å². The minimum Gasteiger partial charge on any atom is -0.333 e. The molecule has 1 heterocycles. The number of benzene rings is 1. The Balaban J connectivity index is 1.80. The Morgan fingerprint density at radius 2 is 1.79 bits per heavy atom. The Bertz CT molecular complexity index is 936. The molecule has 0 saturated heterocycles. The minimum absolute atomic E-state index is 0.0852. The molecule has 154 valence electrons. The van der Waals surface area contributed by atoms with Gasteiger partial charge in [0.25, 0.3) is 5.91 Å². The van der Waals surface area contributed by atoms with Crippen LogP contribution in [0.4, 0.5) is 0 Å². The van der Waals surface area contributed by atoms with Gasteiger partial charge in [-0.25, -0.2) is 9.86 Å². The van der Waals surface area contributed by atoms with Gasteiger partial charge < -0.3 is 4.84 Å². The van der Waals surface area contributed by atoms with Gasteiger partial charge in [0.2, 0.25) is 0 Å². The van der Waals surface area contributed by atoms with Crippen LogP contribution in [0.5, 0.6) is 0 Å². The van der Waals surface area contributed by atoms with Crippen LogP contribution in [-0.4, -0.2) is 34.8 Å². The lowest BCUT2D eigenvalue weighted by Gasteiger charge is -2.28. The van der Waals surface area contributed by atoms with E-state index in [-0.39, 0.29) is 17.7 Å². The summed E-state index contributed by atoms with van der Waals surface area (Å²) in [4.78, 5) is 36.9. The van der Waals surface area contributed by atoms with Crippen LogP contribution in [0.1, 0.15) is 38.7 Å². The van der Waals surface area contributed by atoms with Crippen LogP contribution in [0.15, 0.2) is 54.7 Å². The standard InChI is InChI=1S/C22H26N2O4S/c1-22(2,3)21(26)23(4)27-19(17-14-16(17)15-10-6-5-7-11-15)20(25)28-24-13-9-8-12-18(24)29/h5-13,16-17,19H,14H2,1-4H3. The highest BCUT2D eigenvalue weighted by Gasteiger charge is 2.50. The van der Waals surface area contributed by atoms with Crippen molar-refractivity contribution < 1.29 is 19.3 Å². The number of hydroxylamine groups is 2. The Labute approximate surface area is 176 Å². The van der Waals surface area contributed by atoms with E-state index in [2.05, 4.69) is 0 Å². The van der Waals surface area contributed by atoms with Gasteiger partial charge in [-0.2, -0.15) is 4.73 Å². The molecule has 3 unspecified atom stereocenters. The fourth-order valence-electron chi connectivity index (χ4n) is 3.26. The van der Waals surface area contributed by atoms with Crippen LogP contribution in [-0.2, 0) is 14.4 Å². The summed E-state index contributed by atoms with van der Waals surface area (Å²) in [7, 11) is 1.53. The number of pyridine rings is 1. The molecule has 1 aliphatic carbocycles. The Hall–Kier alpha value is -2.51. The number of carbonyl (C=O) groups is 2. The van der Waals surface area contributed by atoms with Crippen LogP contribution in [0.2, 0.25) is 0 Å². The van der Waals surface area contributed by atoms with E-state index in [1.54, 1.807) is 45.2 Å². The Morgan fingerprint density at radius 1 is 1.14 bits per heavy atom. The third-order valence-electron chi connectivity index (χ3n) is 4.86. The van der Waals surface area contributed by atoms with Crippen molar-refractivity contribution in [2.45, 2.75) is 39.2 Å². The van der Waals surface area contributed by atoms with E-state index < -0.39 is 17.5 Å². The third-order valence-corrected chi connectivity index (χ3v) is 5.18. The smallest absolute Gasteiger partial charge is 0.333 e. The minimum atomic E-state index is -0.918. The highest BCUT2D eigenvalue weighted by Crippen LogP contribution is 2.50. The van der Waals surface area contributed by atoms with Gasteiger partial charge in [0.15, 0.2) is 6.10 Å². The summed E-state index contributed by atoms with van der Waals surface area (Å²) in [5, 5.41) is 1.15. The second-order valence-electron chi connectivity index (χ2n) is 8.27. The topological polar surface area (TPSA) is 60.8 Å². The van der Waals surface area contributed by atoms with Crippen molar-refractivity contribution in [2.24, 2.45) is 11.3 Å². The van der Waals surface area contributed by atoms with Crippen molar-refractivity contribution in [1.29, 1.82) is 0 Å². The number of hydrogen-bond donors (Lipinski definition) is 0. The van der Waals surface area contributed by atoms with Crippen LogP contribution in [0, 0.1) is 16.0 Å². The molecule has 0 aliphatic heterocycles. The van der Waals surface area contributed by atoms with Gasteiger partial charge in [-0.3, -0.25) is 9.63 Å². The predicted molar refractivity (Wildman–Crippen MR) is 111 cm³/mol. The first-order chi connectivity index (χ1) is 13.7. The summed E-state index contributed by atoms with van der Waals surface area (Å²) in [6.45, 7) is 5.40.